The highest BCUT2D eigenvalue weighted by molar-refractivity contribution is 4.87. The fourth-order valence-corrected chi connectivity index (χ4v) is 2.63. The normalized spacial score (nSPS) is 26.6. The van der Waals surface area contributed by atoms with Crippen molar-refractivity contribution in [2.45, 2.75) is 70.5 Å². The van der Waals surface area contributed by atoms with Gasteiger partial charge in [-0.15, -0.1) is 0 Å². The van der Waals surface area contributed by atoms with Crippen molar-refractivity contribution < 1.29 is 0 Å². The second-order valence-corrected chi connectivity index (χ2v) is 6.23. The highest BCUT2D eigenvalue weighted by Crippen LogP contribution is 2.23. The van der Waals surface area contributed by atoms with Crippen LogP contribution in [0.4, 0.5) is 0 Å². The summed E-state index contributed by atoms with van der Waals surface area (Å²) in [4.78, 5) is 2.62. The van der Waals surface area contributed by atoms with Crippen molar-refractivity contribution in [3.8, 4) is 0 Å². The van der Waals surface area contributed by atoms with Crippen LogP contribution in [0.15, 0.2) is 0 Å². The fraction of sp³-hybridized carbons (Fsp3) is 1.00. The smallest absolute Gasteiger partial charge is 0.0125 e. The van der Waals surface area contributed by atoms with Gasteiger partial charge in [0.05, 0.1) is 0 Å². The molecule has 1 heterocycles. The van der Waals surface area contributed by atoms with Gasteiger partial charge in [0, 0.05) is 30.7 Å². The van der Waals surface area contributed by atoms with Crippen LogP contribution in [0.3, 0.4) is 0 Å². The topological polar surface area (TPSA) is 15.3 Å². The van der Waals surface area contributed by atoms with E-state index >= 15 is 0 Å². The molecular formula is C13H26N2. The predicted octanol–water partition coefficient (Wildman–Crippen LogP) is 2.39. The SMILES string of the molecule is CC(C)(C)N1CCC(NC2CCC2)CC1. The summed E-state index contributed by atoms with van der Waals surface area (Å²) in [5.41, 5.74) is 0.363. The molecule has 2 fully saturated rings. The van der Waals surface area contributed by atoms with Crippen molar-refractivity contribution in [1.29, 1.82) is 0 Å². The first-order chi connectivity index (χ1) is 7.05. The summed E-state index contributed by atoms with van der Waals surface area (Å²) in [7, 11) is 0. The zero-order chi connectivity index (χ0) is 10.9. The average Bonchev–Trinajstić information content (AvgIpc) is 2.11. The van der Waals surface area contributed by atoms with Crippen LogP contribution < -0.4 is 5.32 Å². The second kappa shape index (κ2) is 4.42. The molecule has 0 radical (unpaired) electrons. The molecule has 2 rings (SSSR count). The van der Waals surface area contributed by atoms with Crippen LogP contribution in [0.1, 0.15) is 52.9 Å². The number of nitrogens with one attached hydrogen (secondary N) is 1. The number of nitrogens with zero attached hydrogens (tertiary/aromatic N) is 1. The number of hydrogen-bond donors (Lipinski definition) is 1. The minimum atomic E-state index is 0.363. The standard InChI is InChI=1S/C13H26N2/c1-13(2,3)15-9-7-12(8-10-15)14-11-5-4-6-11/h11-12,14H,4-10H2,1-3H3. The van der Waals surface area contributed by atoms with E-state index in [1.54, 1.807) is 0 Å². The first kappa shape index (κ1) is 11.4. The lowest BCUT2D eigenvalue weighted by Crippen LogP contribution is -2.52. The van der Waals surface area contributed by atoms with Crippen LogP contribution in [-0.2, 0) is 0 Å². The summed E-state index contributed by atoms with van der Waals surface area (Å²) < 4.78 is 0. The molecule has 0 spiro atoms. The van der Waals surface area contributed by atoms with E-state index in [4.69, 9.17) is 0 Å². The summed E-state index contributed by atoms with van der Waals surface area (Å²) in [6, 6.07) is 1.66. The maximum atomic E-state index is 3.80. The van der Waals surface area contributed by atoms with Gasteiger partial charge < -0.3 is 5.32 Å². The lowest BCUT2D eigenvalue weighted by Gasteiger charge is -2.42. The Hall–Kier alpha value is -0.0800. The monoisotopic (exact) mass is 210 g/mol. The Kier molecular flexibility index (Phi) is 3.36. The van der Waals surface area contributed by atoms with E-state index in [1.165, 1.54) is 45.2 Å². The Balaban J connectivity index is 1.71. The first-order valence-corrected chi connectivity index (χ1v) is 6.57. The van der Waals surface area contributed by atoms with E-state index in [9.17, 15) is 0 Å². The molecule has 0 atom stereocenters. The third-order valence-electron chi connectivity index (χ3n) is 4.02. The van der Waals surface area contributed by atoms with Gasteiger partial charge in [-0.2, -0.15) is 0 Å². The molecule has 2 aliphatic rings. The molecule has 0 amide bonds. The Labute approximate surface area is 94.4 Å². The van der Waals surface area contributed by atoms with Gasteiger partial charge in [-0.3, -0.25) is 4.90 Å². The van der Waals surface area contributed by atoms with Gasteiger partial charge in [0.1, 0.15) is 0 Å². The van der Waals surface area contributed by atoms with Crippen LogP contribution >= 0.6 is 0 Å². The lowest BCUT2D eigenvalue weighted by molar-refractivity contribution is 0.0904. The molecule has 0 bridgehead atoms. The predicted molar refractivity (Wildman–Crippen MR) is 65.1 cm³/mol. The number of piperidine rings is 1. The molecule has 0 aromatic heterocycles. The average molecular weight is 210 g/mol. The van der Waals surface area contributed by atoms with Gasteiger partial charge in [0.25, 0.3) is 0 Å². The molecule has 0 unspecified atom stereocenters. The Morgan fingerprint density at radius 3 is 1.87 bits per heavy atom. The molecule has 0 aromatic carbocycles. The van der Waals surface area contributed by atoms with Gasteiger partial charge in [0.2, 0.25) is 0 Å². The number of likely N-dealkylation sites (tertiary alicyclic amines) is 1. The quantitative estimate of drug-likeness (QED) is 0.753. The second-order valence-electron chi connectivity index (χ2n) is 6.23. The van der Waals surface area contributed by atoms with Crippen LogP contribution in [-0.4, -0.2) is 35.6 Å². The fourth-order valence-electron chi connectivity index (χ4n) is 2.63. The highest BCUT2D eigenvalue weighted by atomic mass is 15.2. The zero-order valence-electron chi connectivity index (χ0n) is 10.6. The summed E-state index contributed by atoms with van der Waals surface area (Å²) in [5, 5.41) is 3.80. The van der Waals surface area contributed by atoms with Gasteiger partial charge in [-0.25, -0.2) is 0 Å². The van der Waals surface area contributed by atoms with Gasteiger partial charge in [-0.05, 0) is 46.5 Å². The van der Waals surface area contributed by atoms with E-state index < -0.39 is 0 Å². The van der Waals surface area contributed by atoms with E-state index in [0.29, 0.717) is 5.54 Å². The van der Waals surface area contributed by atoms with Crippen LogP contribution in [0.5, 0.6) is 0 Å². The summed E-state index contributed by atoms with van der Waals surface area (Å²) in [5.74, 6) is 0. The van der Waals surface area contributed by atoms with Crippen molar-refractivity contribution in [3.05, 3.63) is 0 Å². The van der Waals surface area contributed by atoms with Crippen molar-refractivity contribution in [3.63, 3.8) is 0 Å². The van der Waals surface area contributed by atoms with Gasteiger partial charge in [0.15, 0.2) is 0 Å². The molecule has 2 heteroatoms. The van der Waals surface area contributed by atoms with E-state index in [0.717, 1.165) is 12.1 Å². The largest absolute Gasteiger partial charge is 0.311 e. The Morgan fingerprint density at radius 1 is 0.933 bits per heavy atom. The molecule has 1 saturated heterocycles. The molecule has 0 aromatic rings. The maximum Gasteiger partial charge on any atom is 0.0125 e. The van der Waals surface area contributed by atoms with E-state index in [-0.39, 0.29) is 0 Å². The van der Waals surface area contributed by atoms with Crippen LogP contribution in [0, 0.1) is 0 Å². The molecule has 88 valence electrons. The minimum absolute atomic E-state index is 0.363. The van der Waals surface area contributed by atoms with Crippen molar-refractivity contribution in [2.75, 3.05) is 13.1 Å². The molecular weight excluding hydrogens is 184 g/mol. The van der Waals surface area contributed by atoms with E-state index in [1.807, 2.05) is 0 Å². The molecule has 1 N–H and O–H groups in total. The molecule has 1 aliphatic carbocycles. The Morgan fingerprint density at radius 2 is 1.47 bits per heavy atom. The van der Waals surface area contributed by atoms with Crippen molar-refractivity contribution in [1.82, 2.24) is 10.2 Å². The van der Waals surface area contributed by atoms with Gasteiger partial charge in [-0.1, -0.05) is 6.42 Å². The highest BCUT2D eigenvalue weighted by Gasteiger charge is 2.28. The Bertz CT molecular complexity index is 195. The summed E-state index contributed by atoms with van der Waals surface area (Å²) in [6.07, 6.45) is 6.96. The third kappa shape index (κ3) is 2.94. The van der Waals surface area contributed by atoms with E-state index in [2.05, 4.69) is 31.0 Å². The van der Waals surface area contributed by atoms with Crippen molar-refractivity contribution in [2.24, 2.45) is 0 Å². The number of rotatable bonds is 2. The minimum Gasteiger partial charge on any atom is -0.311 e. The number of hydrogen-bond acceptors (Lipinski definition) is 2. The molecule has 2 nitrogen and oxygen atoms in total. The molecule has 15 heavy (non-hydrogen) atoms. The molecule has 1 saturated carbocycles. The summed E-state index contributed by atoms with van der Waals surface area (Å²) in [6.45, 7) is 9.52. The van der Waals surface area contributed by atoms with Crippen molar-refractivity contribution >= 4 is 0 Å². The molecule has 1 aliphatic heterocycles. The summed E-state index contributed by atoms with van der Waals surface area (Å²) >= 11 is 0. The zero-order valence-corrected chi connectivity index (χ0v) is 10.6. The van der Waals surface area contributed by atoms with Crippen LogP contribution in [0.2, 0.25) is 0 Å². The lowest BCUT2D eigenvalue weighted by atomic mass is 9.90. The third-order valence-corrected chi connectivity index (χ3v) is 4.02. The van der Waals surface area contributed by atoms with Gasteiger partial charge >= 0.3 is 0 Å². The first-order valence-electron chi connectivity index (χ1n) is 6.57. The van der Waals surface area contributed by atoms with Crippen LogP contribution in [0.25, 0.3) is 0 Å². The maximum absolute atomic E-state index is 3.80.